The first-order chi connectivity index (χ1) is 16.7. The molecule has 11 nitrogen and oxygen atoms in total. The van der Waals surface area contributed by atoms with E-state index in [1.165, 1.54) is 43.5 Å². The average Bonchev–Trinajstić information content (AvgIpc) is 2.82. The van der Waals surface area contributed by atoms with Gasteiger partial charge in [0.25, 0.3) is 5.91 Å². The Morgan fingerprint density at radius 1 is 0.944 bits per heavy atom. The molecule has 6 N–H and O–H groups in total. The number of para-hydroxylation sites is 1. The summed E-state index contributed by atoms with van der Waals surface area (Å²) in [5.74, 6) is -6.25. The van der Waals surface area contributed by atoms with E-state index in [1.807, 2.05) is 0 Å². The summed E-state index contributed by atoms with van der Waals surface area (Å²) >= 11 is 0. The topological polar surface area (TPSA) is 189 Å². The lowest BCUT2D eigenvalue weighted by Crippen LogP contribution is -2.64. The molecule has 0 heterocycles. The molecule has 14 heteroatoms. The van der Waals surface area contributed by atoms with Crippen LogP contribution in [-0.4, -0.2) is 65.3 Å². The van der Waals surface area contributed by atoms with Crippen molar-refractivity contribution < 1.29 is 52.0 Å². The second-order valence-electron chi connectivity index (χ2n) is 6.82. The van der Waals surface area contributed by atoms with Crippen molar-refractivity contribution >= 4 is 29.5 Å². The van der Waals surface area contributed by atoms with E-state index in [4.69, 9.17) is 30.5 Å². The highest BCUT2D eigenvalue weighted by atomic mass is 19.4. The quantitative estimate of drug-likeness (QED) is 0.136. The van der Waals surface area contributed by atoms with Crippen LogP contribution in [0.1, 0.15) is 22.3 Å². The van der Waals surface area contributed by atoms with E-state index >= 15 is 0 Å². The van der Waals surface area contributed by atoms with Crippen molar-refractivity contribution in [3.8, 4) is 5.75 Å². The zero-order chi connectivity index (χ0) is 27.5. The van der Waals surface area contributed by atoms with Crippen LogP contribution in [0.25, 0.3) is 0 Å². The van der Waals surface area contributed by atoms with Gasteiger partial charge in [-0.15, -0.1) is 0 Å². The molecule has 0 radical (unpaired) electrons. The van der Waals surface area contributed by atoms with Crippen molar-refractivity contribution in [3.05, 3.63) is 65.7 Å². The molecule has 0 aliphatic carbocycles. The average molecular weight is 513 g/mol. The molecule has 36 heavy (non-hydrogen) atoms. The van der Waals surface area contributed by atoms with Crippen molar-refractivity contribution in [2.45, 2.75) is 18.3 Å². The number of aliphatic carboxylic acids is 2. The van der Waals surface area contributed by atoms with Gasteiger partial charge in [-0.25, -0.2) is 9.59 Å². The molecule has 0 aliphatic heterocycles. The molecule has 1 unspecified atom stereocenters. The molecule has 0 saturated carbocycles. The fourth-order valence-corrected chi connectivity index (χ4v) is 2.44. The molecule has 2 aromatic carbocycles. The number of amidine groups is 1. The number of hydrogen-bond acceptors (Lipinski definition) is 7. The molecule has 0 saturated heterocycles. The first kappa shape index (κ1) is 29.6. The number of nitrogen functional groups attached to an aromatic ring is 1. The van der Waals surface area contributed by atoms with Gasteiger partial charge in [0.1, 0.15) is 11.6 Å². The second-order valence-corrected chi connectivity index (χ2v) is 6.82. The highest BCUT2D eigenvalue weighted by Gasteiger charge is 2.50. The monoisotopic (exact) mass is 513 g/mol. The standard InChI is InChI=1S/C20H21N3O6.C2HF3O2/c1-28-12-11-16(24)20(19(26)27,29-15-5-3-2-4-6-15)23-18(25)14-9-7-13(8-10-14)17(21)22;3-2(4,5)1(6)7/h2-10H,11-12H2,1H3,(H3,21,22)(H,23,25)(H,26,27);(H,6,7). The Bertz CT molecular complexity index is 1090. The summed E-state index contributed by atoms with van der Waals surface area (Å²) < 4.78 is 42.1. The van der Waals surface area contributed by atoms with Crippen LogP contribution in [0, 0.1) is 5.41 Å². The van der Waals surface area contributed by atoms with Gasteiger partial charge in [-0.1, -0.05) is 30.3 Å². The number of rotatable bonds is 10. The smallest absolute Gasteiger partial charge is 0.476 e. The van der Waals surface area contributed by atoms with Gasteiger partial charge >= 0.3 is 23.8 Å². The number of methoxy groups -OCH3 is 1. The number of halogens is 3. The molecule has 0 aliphatic rings. The normalized spacial score (nSPS) is 12.2. The number of alkyl halides is 3. The number of nitrogens with two attached hydrogens (primary N) is 1. The minimum Gasteiger partial charge on any atom is -0.476 e. The SMILES string of the molecule is COCCC(=O)C(NC(=O)c1ccc(C(=N)N)cc1)(Oc1ccccc1)C(=O)O.O=C(O)C(F)(F)F. The van der Waals surface area contributed by atoms with Crippen molar-refractivity contribution in [2.24, 2.45) is 5.73 Å². The third-order valence-electron chi connectivity index (χ3n) is 4.23. The summed E-state index contributed by atoms with van der Waals surface area (Å²) in [6, 6.07) is 13.4. The van der Waals surface area contributed by atoms with Crippen LogP contribution in [0.15, 0.2) is 54.6 Å². The van der Waals surface area contributed by atoms with Crippen LogP contribution in [-0.2, 0) is 19.1 Å². The fourth-order valence-electron chi connectivity index (χ4n) is 2.44. The molecular weight excluding hydrogens is 491 g/mol. The molecule has 0 spiro atoms. The van der Waals surface area contributed by atoms with E-state index in [1.54, 1.807) is 18.2 Å². The lowest BCUT2D eigenvalue weighted by molar-refractivity contribution is -0.192. The fraction of sp³-hybridized carbons (Fsp3) is 0.227. The van der Waals surface area contributed by atoms with Crippen molar-refractivity contribution in [2.75, 3.05) is 13.7 Å². The van der Waals surface area contributed by atoms with Crippen LogP contribution >= 0.6 is 0 Å². The van der Waals surface area contributed by atoms with E-state index < -0.39 is 35.5 Å². The number of Topliss-reactive ketones (excluding diaryl/α,β-unsaturated/α-hetero) is 1. The predicted octanol–water partition coefficient (Wildman–Crippen LogP) is 1.80. The summed E-state index contributed by atoms with van der Waals surface area (Å²) in [5, 5.41) is 26.5. The maximum absolute atomic E-state index is 12.7. The second kappa shape index (κ2) is 12.9. The zero-order valence-electron chi connectivity index (χ0n) is 18.7. The predicted molar refractivity (Wildman–Crippen MR) is 118 cm³/mol. The lowest BCUT2D eigenvalue weighted by atomic mass is 10.0. The van der Waals surface area contributed by atoms with Crippen LogP contribution in [0.4, 0.5) is 13.2 Å². The van der Waals surface area contributed by atoms with Crippen molar-refractivity contribution in [3.63, 3.8) is 0 Å². The third-order valence-corrected chi connectivity index (χ3v) is 4.23. The van der Waals surface area contributed by atoms with Crippen molar-refractivity contribution in [1.29, 1.82) is 5.41 Å². The first-order valence-electron chi connectivity index (χ1n) is 9.81. The number of ether oxygens (including phenoxy) is 2. The van der Waals surface area contributed by atoms with E-state index in [0.29, 0.717) is 5.56 Å². The van der Waals surface area contributed by atoms with Gasteiger partial charge < -0.3 is 25.4 Å². The van der Waals surface area contributed by atoms with Gasteiger partial charge in [0, 0.05) is 24.7 Å². The number of hydrogen-bond donors (Lipinski definition) is 5. The molecular formula is C22H22F3N3O8. The third kappa shape index (κ3) is 8.39. The Labute approximate surface area is 202 Å². The van der Waals surface area contributed by atoms with Crippen LogP contribution in [0.2, 0.25) is 0 Å². The van der Waals surface area contributed by atoms with Crippen molar-refractivity contribution in [1.82, 2.24) is 5.32 Å². The summed E-state index contributed by atoms with van der Waals surface area (Å²) in [5.41, 5.74) is 3.20. The Morgan fingerprint density at radius 2 is 1.44 bits per heavy atom. The Balaban J connectivity index is 0.000000809. The van der Waals surface area contributed by atoms with Crippen LogP contribution in [0.5, 0.6) is 5.75 Å². The van der Waals surface area contributed by atoms with E-state index in [9.17, 15) is 32.7 Å². The highest BCUT2D eigenvalue weighted by Crippen LogP contribution is 2.20. The van der Waals surface area contributed by atoms with Gasteiger partial charge in [-0.05, 0) is 24.3 Å². The molecule has 2 aromatic rings. The number of benzene rings is 2. The minimum absolute atomic E-state index is 0.0464. The van der Waals surface area contributed by atoms with Gasteiger partial charge in [0.05, 0.1) is 6.61 Å². The minimum atomic E-state index is -5.08. The summed E-state index contributed by atoms with van der Waals surface area (Å²) in [7, 11) is 1.36. The van der Waals surface area contributed by atoms with Crippen LogP contribution in [0.3, 0.4) is 0 Å². The Kier molecular flexibility index (Phi) is 10.6. The maximum atomic E-state index is 12.7. The Hall–Kier alpha value is -4.46. The van der Waals surface area contributed by atoms with Crippen LogP contribution < -0.4 is 15.8 Å². The van der Waals surface area contributed by atoms with E-state index in [0.717, 1.165) is 0 Å². The maximum Gasteiger partial charge on any atom is 0.490 e. The number of carbonyl (C=O) groups excluding carboxylic acids is 2. The highest BCUT2D eigenvalue weighted by molar-refractivity contribution is 6.11. The number of carboxylic acids is 2. The van der Waals surface area contributed by atoms with Gasteiger partial charge in [0.15, 0.2) is 0 Å². The first-order valence-corrected chi connectivity index (χ1v) is 9.81. The van der Waals surface area contributed by atoms with Gasteiger partial charge in [-0.3, -0.25) is 20.3 Å². The lowest BCUT2D eigenvalue weighted by Gasteiger charge is -2.29. The number of ketones is 1. The molecule has 1 amide bonds. The molecule has 0 aromatic heterocycles. The number of nitrogens with one attached hydrogen (secondary N) is 2. The van der Waals surface area contributed by atoms with Gasteiger partial charge in [0.2, 0.25) is 5.78 Å². The number of carbonyl (C=O) groups is 4. The summed E-state index contributed by atoms with van der Waals surface area (Å²) in [4.78, 5) is 46.4. The molecule has 2 rings (SSSR count). The molecule has 0 fully saturated rings. The molecule has 0 bridgehead atoms. The molecule has 1 atom stereocenters. The number of amides is 1. The van der Waals surface area contributed by atoms with E-state index in [2.05, 4.69) is 5.32 Å². The summed E-state index contributed by atoms with van der Waals surface area (Å²) in [6.07, 6.45) is -5.38. The van der Waals surface area contributed by atoms with E-state index in [-0.39, 0.29) is 30.2 Å². The summed E-state index contributed by atoms with van der Waals surface area (Å²) in [6.45, 7) is -0.0464. The Morgan fingerprint density at radius 3 is 1.86 bits per heavy atom. The number of carboxylic acid groups (broad SMARTS) is 2. The zero-order valence-corrected chi connectivity index (χ0v) is 18.7. The van der Waals surface area contributed by atoms with Gasteiger partial charge in [-0.2, -0.15) is 13.2 Å². The largest absolute Gasteiger partial charge is 0.490 e. The molecule has 194 valence electrons.